The molecule has 0 radical (unpaired) electrons. The standard InChI is InChI=1S/C19H22N2O4S/c1-13(2)12-20-19(23)16-5-4-6-18(11-16)26(24,25)21-17-9-7-15(8-10-17)14(3)22/h4-11,13,21H,12H2,1-3H3,(H,20,23). The van der Waals surface area contributed by atoms with Crippen LogP contribution in [0.3, 0.4) is 0 Å². The summed E-state index contributed by atoms with van der Waals surface area (Å²) in [5, 5.41) is 2.76. The van der Waals surface area contributed by atoms with Crippen molar-refractivity contribution >= 4 is 27.4 Å². The first kappa shape index (κ1) is 19.7. The molecule has 0 aromatic heterocycles. The number of hydrogen-bond acceptors (Lipinski definition) is 4. The molecule has 0 fully saturated rings. The highest BCUT2D eigenvalue weighted by molar-refractivity contribution is 7.92. The van der Waals surface area contributed by atoms with Gasteiger partial charge in [0.1, 0.15) is 0 Å². The molecule has 2 aromatic carbocycles. The molecule has 2 aromatic rings. The van der Waals surface area contributed by atoms with Gasteiger partial charge in [-0.05, 0) is 55.3 Å². The number of carbonyl (C=O) groups excluding carboxylic acids is 2. The van der Waals surface area contributed by atoms with Crippen LogP contribution >= 0.6 is 0 Å². The van der Waals surface area contributed by atoms with Crippen molar-refractivity contribution in [3.63, 3.8) is 0 Å². The van der Waals surface area contributed by atoms with E-state index in [0.29, 0.717) is 23.7 Å². The zero-order valence-corrected chi connectivity index (χ0v) is 15.8. The van der Waals surface area contributed by atoms with Crippen LogP contribution in [0.5, 0.6) is 0 Å². The van der Waals surface area contributed by atoms with Crippen LogP contribution in [0.2, 0.25) is 0 Å². The van der Waals surface area contributed by atoms with Gasteiger partial charge in [0.15, 0.2) is 5.78 Å². The van der Waals surface area contributed by atoms with E-state index in [1.807, 2.05) is 13.8 Å². The summed E-state index contributed by atoms with van der Waals surface area (Å²) in [7, 11) is -3.85. The molecule has 138 valence electrons. The van der Waals surface area contributed by atoms with E-state index in [4.69, 9.17) is 0 Å². The van der Waals surface area contributed by atoms with E-state index in [0.717, 1.165) is 0 Å². The van der Waals surface area contributed by atoms with E-state index >= 15 is 0 Å². The van der Waals surface area contributed by atoms with Crippen LogP contribution < -0.4 is 10.0 Å². The van der Waals surface area contributed by atoms with Crippen molar-refractivity contribution in [3.05, 3.63) is 59.7 Å². The highest BCUT2D eigenvalue weighted by atomic mass is 32.2. The van der Waals surface area contributed by atoms with Crippen LogP contribution in [0.15, 0.2) is 53.4 Å². The summed E-state index contributed by atoms with van der Waals surface area (Å²) >= 11 is 0. The number of carbonyl (C=O) groups is 2. The second-order valence-electron chi connectivity index (χ2n) is 6.37. The number of ketones is 1. The van der Waals surface area contributed by atoms with Gasteiger partial charge in [-0.25, -0.2) is 8.42 Å². The maximum absolute atomic E-state index is 12.6. The van der Waals surface area contributed by atoms with Crippen molar-refractivity contribution in [2.75, 3.05) is 11.3 Å². The molecular formula is C19H22N2O4S. The Morgan fingerprint density at radius 1 is 1.00 bits per heavy atom. The molecule has 1 amide bonds. The third-order valence-corrected chi connectivity index (χ3v) is 5.00. The number of nitrogens with one attached hydrogen (secondary N) is 2. The minimum atomic E-state index is -3.85. The number of anilines is 1. The average molecular weight is 374 g/mol. The molecule has 2 rings (SSSR count). The fourth-order valence-corrected chi connectivity index (χ4v) is 3.29. The molecule has 6 nitrogen and oxygen atoms in total. The maximum Gasteiger partial charge on any atom is 0.261 e. The molecule has 0 heterocycles. The lowest BCUT2D eigenvalue weighted by Gasteiger charge is -2.11. The van der Waals surface area contributed by atoms with Gasteiger partial charge < -0.3 is 5.32 Å². The SMILES string of the molecule is CC(=O)c1ccc(NS(=O)(=O)c2cccc(C(=O)NCC(C)C)c2)cc1. The van der Waals surface area contributed by atoms with Gasteiger partial charge in [-0.15, -0.1) is 0 Å². The summed E-state index contributed by atoms with van der Waals surface area (Å²) in [6, 6.07) is 12.0. The minimum Gasteiger partial charge on any atom is -0.352 e. The summed E-state index contributed by atoms with van der Waals surface area (Å²) in [4.78, 5) is 23.4. The Labute approximate surface area is 153 Å². The number of Topliss-reactive ketones (excluding diaryl/α,β-unsaturated/α-hetero) is 1. The lowest BCUT2D eigenvalue weighted by molar-refractivity contribution is 0.0948. The molecule has 0 atom stereocenters. The second-order valence-corrected chi connectivity index (χ2v) is 8.05. The zero-order chi connectivity index (χ0) is 19.3. The normalized spacial score (nSPS) is 11.2. The van der Waals surface area contributed by atoms with Crippen LogP contribution in [0.1, 0.15) is 41.5 Å². The molecule has 0 spiro atoms. The summed E-state index contributed by atoms with van der Waals surface area (Å²) in [6.07, 6.45) is 0. The Morgan fingerprint density at radius 3 is 2.23 bits per heavy atom. The molecule has 0 saturated carbocycles. The summed E-state index contributed by atoms with van der Waals surface area (Å²) in [5.74, 6) is -0.119. The predicted molar refractivity (Wildman–Crippen MR) is 101 cm³/mol. The van der Waals surface area contributed by atoms with E-state index in [1.54, 1.807) is 18.2 Å². The predicted octanol–water partition coefficient (Wildman–Crippen LogP) is 3.08. The van der Waals surface area contributed by atoms with Crippen molar-refractivity contribution in [1.82, 2.24) is 5.32 Å². The molecule has 0 aliphatic carbocycles. The van der Waals surface area contributed by atoms with Crippen molar-refractivity contribution in [3.8, 4) is 0 Å². The van der Waals surface area contributed by atoms with E-state index in [1.165, 1.54) is 37.3 Å². The molecule has 0 saturated heterocycles. The molecule has 0 bridgehead atoms. The molecule has 0 aliphatic rings. The lowest BCUT2D eigenvalue weighted by Crippen LogP contribution is -2.27. The lowest BCUT2D eigenvalue weighted by atomic mass is 10.1. The van der Waals surface area contributed by atoms with E-state index in [-0.39, 0.29) is 22.1 Å². The van der Waals surface area contributed by atoms with Crippen LogP contribution in [0, 0.1) is 5.92 Å². The largest absolute Gasteiger partial charge is 0.352 e. The highest BCUT2D eigenvalue weighted by Crippen LogP contribution is 2.18. The van der Waals surface area contributed by atoms with Gasteiger partial charge in [-0.3, -0.25) is 14.3 Å². The number of sulfonamides is 1. The average Bonchev–Trinajstić information content (AvgIpc) is 2.60. The molecule has 2 N–H and O–H groups in total. The smallest absolute Gasteiger partial charge is 0.261 e. The molecule has 7 heteroatoms. The Balaban J connectivity index is 2.19. The van der Waals surface area contributed by atoms with E-state index in [2.05, 4.69) is 10.0 Å². The number of rotatable bonds is 7. The Bertz CT molecular complexity index is 903. The van der Waals surface area contributed by atoms with Gasteiger partial charge in [-0.1, -0.05) is 19.9 Å². The van der Waals surface area contributed by atoms with Crippen LogP contribution in [0.4, 0.5) is 5.69 Å². The first-order chi connectivity index (χ1) is 12.2. The van der Waals surface area contributed by atoms with Crippen LogP contribution in [0.25, 0.3) is 0 Å². The van der Waals surface area contributed by atoms with Crippen molar-refractivity contribution in [2.24, 2.45) is 5.92 Å². The third-order valence-electron chi connectivity index (χ3n) is 3.62. The summed E-state index contributed by atoms with van der Waals surface area (Å²) < 4.78 is 27.5. The summed E-state index contributed by atoms with van der Waals surface area (Å²) in [5.41, 5.74) is 1.11. The monoisotopic (exact) mass is 374 g/mol. The number of amides is 1. The van der Waals surface area contributed by atoms with E-state index < -0.39 is 10.0 Å². The first-order valence-electron chi connectivity index (χ1n) is 8.21. The topological polar surface area (TPSA) is 92.3 Å². The van der Waals surface area contributed by atoms with Gasteiger partial charge >= 0.3 is 0 Å². The Hall–Kier alpha value is -2.67. The second kappa shape index (κ2) is 8.14. The molecule has 26 heavy (non-hydrogen) atoms. The minimum absolute atomic E-state index is 0.00894. The molecule has 0 aliphatic heterocycles. The zero-order valence-electron chi connectivity index (χ0n) is 14.9. The van der Waals surface area contributed by atoms with Gasteiger partial charge in [0.05, 0.1) is 4.90 Å². The first-order valence-corrected chi connectivity index (χ1v) is 9.69. The van der Waals surface area contributed by atoms with Crippen LogP contribution in [-0.4, -0.2) is 26.7 Å². The fraction of sp³-hybridized carbons (Fsp3) is 0.263. The quantitative estimate of drug-likeness (QED) is 0.729. The number of benzene rings is 2. The van der Waals surface area contributed by atoms with E-state index in [9.17, 15) is 18.0 Å². The van der Waals surface area contributed by atoms with Gasteiger partial charge in [0.25, 0.3) is 15.9 Å². The Kier molecular flexibility index (Phi) is 6.15. The van der Waals surface area contributed by atoms with Gasteiger partial charge in [0, 0.05) is 23.4 Å². The van der Waals surface area contributed by atoms with Crippen molar-refractivity contribution < 1.29 is 18.0 Å². The van der Waals surface area contributed by atoms with Crippen LogP contribution in [-0.2, 0) is 10.0 Å². The van der Waals surface area contributed by atoms with Crippen molar-refractivity contribution in [1.29, 1.82) is 0 Å². The third kappa shape index (κ3) is 5.16. The highest BCUT2D eigenvalue weighted by Gasteiger charge is 2.17. The number of hydrogen-bond donors (Lipinski definition) is 2. The maximum atomic E-state index is 12.6. The Morgan fingerprint density at radius 2 is 1.65 bits per heavy atom. The fourth-order valence-electron chi connectivity index (χ4n) is 2.19. The molecule has 0 unspecified atom stereocenters. The van der Waals surface area contributed by atoms with Gasteiger partial charge in [-0.2, -0.15) is 0 Å². The van der Waals surface area contributed by atoms with Gasteiger partial charge in [0.2, 0.25) is 0 Å². The van der Waals surface area contributed by atoms with Crippen molar-refractivity contribution in [2.45, 2.75) is 25.7 Å². The molecular weight excluding hydrogens is 352 g/mol. The summed E-state index contributed by atoms with van der Waals surface area (Å²) in [6.45, 7) is 5.90.